The van der Waals surface area contributed by atoms with Gasteiger partial charge < -0.3 is 14.7 Å². The number of carbonyl (C=O) groups is 1. The molecule has 0 saturated carbocycles. The highest BCUT2D eigenvalue weighted by Crippen LogP contribution is 2.34. The van der Waals surface area contributed by atoms with Crippen LogP contribution in [0.2, 0.25) is 0 Å². The lowest BCUT2D eigenvalue weighted by atomic mass is 10.0. The Kier molecular flexibility index (Phi) is 4.49. The molecule has 1 heterocycles. The molecule has 6 heteroatoms. The second kappa shape index (κ2) is 6.57. The second-order valence-electron chi connectivity index (χ2n) is 5.76. The summed E-state index contributed by atoms with van der Waals surface area (Å²) >= 11 is 0. The van der Waals surface area contributed by atoms with Crippen LogP contribution in [-0.2, 0) is 0 Å². The van der Waals surface area contributed by atoms with Crippen molar-refractivity contribution < 1.29 is 23.4 Å². The van der Waals surface area contributed by atoms with Gasteiger partial charge in [0, 0.05) is 12.6 Å². The molecule has 3 rings (SSSR count). The topological polar surface area (TPSA) is 49.8 Å². The Hall–Kier alpha value is -2.47. The molecular formula is C18H17F2NO3. The number of aliphatic hydroxyl groups excluding tert-OH is 1. The standard InChI is InChI=1S/C18H17F2NO3/c1-24-14-5-6-15(16(20)9-14)18(23)21-10-13(22)8-17(21)11-3-2-4-12(19)7-11/h2-7,9,13,17,22H,8,10H2,1H3/t13-,17+/m0/s1. The first-order valence-electron chi connectivity index (χ1n) is 7.57. The van der Waals surface area contributed by atoms with Crippen LogP contribution in [-0.4, -0.2) is 35.7 Å². The van der Waals surface area contributed by atoms with E-state index in [1.807, 2.05) is 0 Å². The maximum atomic E-state index is 14.2. The molecule has 2 atom stereocenters. The van der Waals surface area contributed by atoms with Gasteiger partial charge in [0.15, 0.2) is 0 Å². The Balaban J connectivity index is 1.92. The lowest BCUT2D eigenvalue weighted by molar-refractivity contribution is 0.0710. The molecule has 4 nitrogen and oxygen atoms in total. The van der Waals surface area contributed by atoms with Gasteiger partial charge in [-0.05, 0) is 36.2 Å². The van der Waals surface area contributed by atoms with Crippen molar-refractivity contribution in [3.8, 4) is 5.75 Å². The first-order valence-corrected chi connectivity index (χ1v) is 7.57. The lowest BCUT2D eigenvalue weighted by Crippen LogP contribution is -2.32. The third-order valence-corrected chi connectivity index (χ3v) is 4.18. The van der Waals surface area contributed by atoms with Crippen LogP contribution < -0.4 is 4.74 Å². The van der Waals surface area contributed by atoms with Gasteiger partial charge >= 0.3 is 0 Å². The summed E-state index contributed by atoms with van der Waals surface area (Å²) in [5.41, 5.74) is 0.472. The zero-order valence-electron chi connectivity index (χ0n) is 13.1. The van der Waals surface area contributed by atoms with Crippen molar-refractivity contribution in [2.75, 3.05) is 13.7 Å². The van der Waals surface area contributed by atoms with Gasteiger partial charge in [0.2, 0.25) is 0 Å². The summed E-state index contributed by atoms with van der Waals surface area (Å²) in [6.45, 7) is 0.0749. The zero-order chi connectivity index (χ0) is 17.3. The third kappa shape index (κ3) is 3.10. The van der Waals surface area contributed by atoms with Gasteiger partial charge in [-0.2, -0.15) is 0 Å². The van der Waals surface area contributed by atoms with Crippen LogP contribution in [0.1, 0.15) is 28.4 Å². The molecule has 24 heavy (non-hydrogen) atoms. The number of halogens is 2. The van der Waals surface area contributed by atoms with Gasteiger partial charge in [0.1, 0.15) is 17.4 Å². The highest BCUT2D eigenvalue weighted by molar-refractivity contribution is 5.95. The van der Waals surface area contributed by atoms with Crippen molar-refractivity contribution in [3.63, 3.8) is 0 Å². The predicted octanol–water partition coefficient (Wildman–Crippen LogP) is 2.92. The minimum absolute atomic E-state index is 0.0749. The smallest absolute Gasteiger partial charge is 0.257 e. The lowest BCUT2D eigenvalue weighted by Gasteiger charge is -2.25. The SMILES string of the molecule is COc1ccc(C(=O)N2C[C@@H](O)C[C@@H]2c2cccc(F)c2)c(F)c1. The first-order chi connectivity index (χ1) is 11.5. The summed E-state index contributed by atoms with van der Waals surface area (Å²) in [7, 11) is 1.41. The number of rotatable bonds is 3. The largest absolute Gasteiger partial charge is 0.497 e. The van der Waals surface area contributed by atoms with E-state index in [0.717, 1.165) is 6.07 Å². The van der Waals surface area contributed by atoms with Crippen LogP contribution in [0, 0.1) is 11.6 Å². The van der Waals surface area contributed by atoms with Crippen LogP contribution in [0.25, 0.3) is 0 Å². The summed E-state index contributed by atoms with van der Waals surface area (Å²) in [6, 6.07) is 9.37. The third-order valence-electron chi connectivity index (χ3n) is 4.18. The summed E-state index contributed by atoms with van der Waals surface area (Å²) in [4.78, 5) is 14.1. The molecule has 1 fully saturated rings. The number of hydrogen-bond donors (Lipinski definition) is 1. The molecule has 0 spiro atoms. The Labute approximate surface area is 138 Å². The van der Waals surface area contributed by atoms with Crippen molar-refractivity contribution in [2.45, 2.75) is 18.6 Å². The predicted molar refractivity (Wildman–Crippen MR) is 83.8 cm³/mol. The first kappa shape index (κ1) is 16.4. The van der Waals surface area contributed by atoms with Gasteiger partial charge in [-0.3, -0.25) is 4.79 Å². The molecule has 0 aromatic heterocycles. The van der Waals surface area contributed by atoms with Crippen LogP contribution in [0.3, 0.4) is 0 Å². The summed E-state index contributed by atoms with van der Waals surface area (Å²) in [6.07, 6.45) is -0.448. The molecule has 1 saturated heterocycles. The zero-order valence-corrected chi connectivity index (χ0v) is 13.1. The number of amides is 1. The number of hydrogen-bond acceptors (Lipinski definition) is 3. The van der Waals surface area contributed by atoms with Gasteiger partial charge in [-0.15, -0.1) is 0 Å². The summed E-state index contributed by atoms with van der Waals surface area (Å²) in [5, 5.41) is 9.95. The number of ether oxygens (including phenoxy) is 1. The second-order valence-corrected chi connectivity index (χ2v) is 5.76. The van der Waals surface area contributed by atoms with E-state index in [1.54, 1.807) is 12.1 Å². The van der Waals surface area contributed by atoms with Crippen LogP contribution >= 0.6 is 0 Å². The Morgan fingerprint density at radius 1 is 1.25 bits per heavy atom. The maximum Gasteiger partial charge on any atom is 0.257 e. The quantitative estimate of drug-likeness (QED) is 0.940. The molecule has 1 N–H and O–H groups in total. The fourth-order valence-electron chi connectivity index (χ4n) is 3.02. The number of β-amino-alcohol motifs (C(OH)–C–C–N with tert-alkyl or cyclic N) is 1. The minimum Gasteiger partial charge on any atom is -0.497 e. The normalized spacial score (nSPS) is 20.2. The van der Waals surface area contributed by atoms with E-state index in [0.29, 0.717) is 11.3 Å². The van der Waals surface area contributed by atoms with Crippen LogP contribution in [0.4, 0.5) is 8.78 Å². The summed E-state index contributed by atoms with van der Waals surface area (Å²) in [5.74, 6) is -1.34. The highest BCUT2D eigenvalue weighted by atomic mass is 19.1. The van der Waals surface area contributed by atoms with Gasteiger partial charge in [0.25, 0.3) is 5.91 Å². The molecular weight excluding hydrogens is 316 g/mol. The van der Waals surface area contributed by atoms with Gasteiger partial charge in [-0.1, -0.05) is 12.1 Å². The van der Waals surface area contributed by atoms with Crippen LogP contribution in [0.5, 0.6) is 5.75 Å². The average Bonchev–Trinajstić information content (AvgIpc) is 2.96. The van der Waals surface area contributed by atoms with E-state index < -0.39 is 29.7 Å². The molecule has 1 aliphatic heterocycles. The number of methoxy groups -OCH3 is 1. The number of benzene rings is 2. The molecule has 2 aromatic carbocycles. The van der Waals surface area contributed by atoms with Crippen molar-refractivity contribution in [1.82, 2.24) is 4.90 Å². The van der Waals surface area contributed by atoms with E-state index in [4.69, 9.17) is 4.74 Å². The minimum atomic E-state index is -0.733. The molecule has 0 aliphatic carbocycles. The number of carbonyl (C=O) groups excluding carboxylic acids is 1. The highest BCUT2D eigenvalue weighted by Gasteiger charge is 2.36. The number of aliphatic hydroxyl groups is 1. The van der Waals surface area contributed by atoms with Gasteiger partial charge in [0.05, 0.1) is 24.8 Å². The van der Waals surface area contributed by atoms with E-state index in [9.17, 15) is 18.7 Å². The van der Waals surface area contributed by atoms with Crippen molar-refractivity contribution in [3.05, 3.63) is 65.2 Å². The molecule has 126 valence electrons. The average molecular weight is 333 g/mol. The van der Waals surface area contributed by atoms with Crippen LogP contribution in [0.15, 0.2) is 42.5 Å². The molecule has 1 amide bonds. The summed E-state index contributed by atoms with van der Waals surface area (Å²) < 4.78 is 32.6. The molecule has 0 radical (unpaired) electrons. The fourth-order valence-corrected chi connectivity index (χ4v) is 3.02. The monoisotopic (exact) mass is 333 g/mol. The molecule has 1 aliphatic rings. The Bertz CT molecular complexity index is 766. The maximum absolute atomic E-state index is 14.2. The Morgan fingerprint density at radius 3 is 2.71 bits per heavy atom. The molecule has 2 aromatic rings. The van der Waals surface area contributed by atoms with E-state index in [1.165, 1.54) is 36.3 Å². The van der Waals surface area contributed by atoms with Gasteiger partial charge in [-0.25, -0.2) is 8.78 Å². The molecule has 0 bridgehead atoms. The van der Waals surface area contributed by atoms with E-state index in [2.05, 4.69) is 0 Å². The fraction of sp³-hybridized carbons (Fsp3) is 0.278. The molecule has 0 unspecified atom stereocenters. The van der Waals surface area contributed by atoms with Crippen molar-refractivity contribution in [1.29, 1.82) is 0 Å². The van der Waals surface area contributed by atoms with Crippen molar-refractivity contribution in [2.24, 2.45) is 0 Å². The van der Waals surface area contributed by atoms with E-state index >= 15 is 0 Å². The Morgan fingerprint density at radius 2 is 2.04 bits per heavy atom. The van der Waals surface area contributed by atoms with Crippen molar-refractivity contribution >= 4 is 5.91 Å². The van der Waals surface area contributed by atoms with E-state index in [-0.39, 0.29) is 18.5 Å². The number of likely N-dealkylation sites (tertiary alicyclic amines) is 1. The number of nitrogens with zero attached hydrogens (tertiary/aromatic N) is 1.